The molecule has 0 saturated heterocycles. The topological polar surface area (TPSA) is 59.8 Å². The fourth-order valence-corrected chi connectivity index (χ4v) is 3.42. The summed E-state index contributed by atoms with van der Waals surface area (Å²) in [6.07, 6.45) is -2.94. The molecule has 0 radical (unpaired) electrons. The van der Waals surface area contributed by atoms with Crippen LogP contribution in [0, 0.1) is 6.92 Å². The van der Waals surface area contributed by atoms with E-state index in [1.165, 1.54) is 22.9 Å². The lowest BCUT2D eigenvalue weighted by molar-refractivity contribution is -0.137. The van der Waals surface area contributed by atoms with E-state index in [1.807, 2.05) is 43.3 Å². The zero-order valence-electron chi connectivity index (χ0n) is 15.9. The predicted octanol–water partition coefficient (Wildman–Crippen LogP) is 5.06. The van der Waals surface area contributed by atoms with Crippen LogP contribution in [0.3, 0.4) is 0 Å². The number of anilines is 1. The number of fused-ring (bicyclic) bond motifs is 1. The number of pyridine rings is 1. The van der Waals surface area contributed by atoms with Crippen LogP contribution in [-0.2, 0) is 17.5 Å². The van der Waals surface area contributed by atoms with Crippen molar-refractivity contribution in [3.63, 3.8) is 0 Å². The number of halogens is 3. The second-order valence-electron chi connectivity index (χ2n) is 6.76. The molecule has 152 valence electrons. The van der Waals surface area contributed by atoms with Crippen LogP contribution >= 0.6 is 0 Å². The second kappa shape index (κ2) is 7.62. The maximum absolute atomic E-state index is 13.2. The van der Waals surface area contributed by atoms with E-state index in [-0.39, 0.29) is 12.2 Å². The van der Waals surface area contributed by atoms with E-state index >= 15 is 0 Å². The lowest BCUT2D eigenvalue weighted by atomic mass is 10.0. The van der Waals surface area contributed by atoms with Crippen LogP contribution in [0.2, 0.25) is 0 Å². The van der Waals surface area contributed by atoms with E-state index in [4.69, 9.17) is 0 Å². The average molecular weight is 410 g/mol. The van der Waals surface area contributed by atoms with Crippen molar-refractivity contribution >= 4 is 22.6 Å². The quantitative estimate of drug-likeness (QED) is 0.511. The Hall–Kier alpha value is -3.68. The predicted molar refractivity (Wildman–Crippen MR) is 108 cm³/mol. The van der Waals surface area contributed by atoms with Crippen molar-refractivity contribution in [1.82, 2.24) is 14.8 Å². The Morgan fingerprint density at radius 1 is 1.03 bits per heavy atom. The number of nitrogens with one attached hydrogen (secondary N) is 1. The summed E-state index contributed by atoms with van der Waals surface area (Å²) in [5.41, 5.74) is 1.89. The molecule has 0 bridgehead atoms. The second-order valence-corrected chi connectivity index (χ2v) is 6.76. The van der Waals surface area contributed by atoms with Gasteiger partial charge >= 0.3 is 6.18 Å². The molecular formula is C22H17F3N4O. The van der Waals surface area contributed by atoms with Crippen molar-refractivity contribution in [3.05, 3.63) is 78.1 Å². The number of alkyl halides is 3. The van der Waals surface area contributed by atoms with Crippen molar-refractivity contribution in [2.45, 2.75) is 19.6 Å². The molecule has 5 nitrogen and oxygen atoms in total. The van der Waals surface area contributed by atoms with Gasteiger partial charge in [-0.05, 0) is 36.2 Å². The van der Waals surface area contributed by atoms with Crippen LogP contribution in [0.4, 0.5) is 18.9 Å². The van der Waals surface area contributed by atoms with Crippen LogP contribution in [0.15, 0.2) is 66.9 Å². The number of hydrogen-bond donors (Lipinski definition) is 1. The molecule has 30 heavy (non-hydrogen) atoms. The molecule has 0 aliphatic carbocycles. The number of hydrogen-bond acceptors (Lipinski definition) is 3. The molecule has 0 aliphatic rings. The highest BCUT2D eigenvalue weighted by atomic mass is 19.4. The molecule has 8 heteroatoms. The summed E-state index contributed by atoms with van der Waals surface area (Å²) in [4.78, 5) is 16.8. The highest BCUT2D eigenvalue weighted by Gasteiger charge is 2.33. The average Bonchev–Trinajstić information content (AvgIpc) is 3.04. The van der Waals surface area contributed by atoms with E-state index in [1.54, 1.807) is 6.20 Å². The first kappa shape index (κ1) is 19.6. The molecule has 0 saturated carbocycles. The molecule has 0 fully saturated rings. The first-order valence-electron chi connectivity index (χ1n) is 9.18. The van der Waals surface area contributed by atoms with Gasteiger partial charge in [-0.15, -0.1) is 0 Å². The maximum Gasteiger partial charge on any atom is 0.418 e. The van der Waals surface area contributed by atoms with Gasteiger partial charge in [-0.25, -0.2) is 9.67 Å². The minimum atomic E-state index is -4.56. The van der Waals surface area contributed by atoms with Crippen molar-refractivity contribution < 1.29 is 18.0 Å². The van der Waals surface area contributed by atoms with Crippen molar-refractivity contribution in [2.24, 2.45) is 0 Å². The monoisotopic (exact) mass is 410 g/mol. The number of nitrogens with zero attached hydrogens (tertiary/aromatic N) is 3. The molecule has 1 amide bonds. The van der Waals surface area contributed by atoms with Gasteiger partial charge in [-0.2, -0.15) is 18.3 Å². The third-order valence-electron chi connectivity index (χ3n) is 4.69. The van der Waals surface area contributed by atoms with Crippen molar-refractivity contribution in [1.29, 1.82) is 0 Å². The zero-order chi connectivity index (χ0) is 21.3. The highest BCUT2D eigenvalue weighted by molar-refractivity contribution is 5.96. The Morgan fingerprint density at radius 2 is 1.73 bits per heavy atom. The Bertz CT molecular complexity index is 1220. The summed E-state index contributed by atoms with van der Waals surface area (Å²) >= 11 is 0. The van der Waals surface area contributed by atoms with E-state index in [0.717, 1.165) is 22.6 Å². The smallest absolute Gasteiger partial charge is 0.324 e. The number of amides is 1. The summed E-state index contributed by atoms with van der Waals surface area (Å²) < 4.78 is 40.9. The van der Waals surface area contributed by atoms with Crippen LogP contribution < -0.4 is 5.32 Å². The number of carbonyl (C=O) groups excluding carboxylic acids is 1. The van der Waals surface area contributed by atoms with E-state index in [0.29, 0.717) is 11.3 Å². The molecule has 0 unspecified atom stereocenters. The minimum absolute atomic E-state index is 0.262. The lowest BCUT2D eigenvalue weighted by Crippen LogP contribution is -2.22. The number of rotatable bonds is 4. The molecule has 4 aromatic rings. The summed E-state index contributed by atoms with van der Waals surface area (Å²) in [6.45, 7) is 1.55. The Morgan fingerprint density at radius 3 is 2.47 bits per heavy atom. The molecule has 2 heterocycles. The van der Waals surface area contributed by atoms with Crippen molar-refractivity contribution in [3.8, 4) is 11.1 Å². The van der Waals surface area contributed by atoms with Gasteiger partial charge in [-0.3, -0.25) is 4.79 Å². The number of carbonyl (C=O) groups is 1. The fraction of sp³-hybridized carbons (Fsp3) is 0.136. The summed E-state index contributed by atoms with van der Waals surface area (Å²) in [7, 11) is 0. The molecular weight excluding hydrogens is 393 g/mol. The van der Waals surface area contributed by atoms with Crippen LogP contribution in [-0.4, -0.2) is 20.7 Å². The first-order valence-corrected chi connectivity index (χ1v) is 9.18. The summed E-state index contributed by atoms with van der Waals surface area (Å²) in [6, 6.07) is 16.4. The molecule has 1 N–H and O–H groups in total. The normalized spacial score (nSPS) is 11.6. The van der Waals surface area contributed by atoms with Crippen LogP contribution in [0.1, 0.15) is 11.3 Å². The minimum Gasteiger partial charge on any atom is -0.324 e. The SMILES string of the molecule is Cc1nn(CC(=O)Nc2ccccc2C(F)(F)F)c2nccc(-c3ccccc3)c12. The van der Waals surface area contributed by atoms with Gasteiger partial charge in [0, 0.05) is 11.6 Å². The maximum atomic E-state index is 13.2. The van der Waals surface area contributed by atoms with Crippen LogP contribution in [0.25, 0.3) is 22.2 Å². The molecule has 2 aromatic heterocycles. The van der Waals surface area contributed by atoms with E-state index in [9.17, 15) is 18.0 Å². The standard InChI is InChI=1S/C22H17F3N4O/c1-14-20-16(15-7-3-2-4-8-15)11-12-26-21(20)29(28-14)13-19(30)27-18-10-6-5-9-17(18)22(23,24)25/h2-12H,13H2,1H3,(H,27,30). The van der Waals surface area contributed by atoms with Gasteiger partial charge < -0.3 is 5.32 Å². The number of aryl methyl sites for hydroxylation is 1. The Balaban J connectivity index is 1.65. The highest BCUT2D eigenvalue weighted by Crippen LogP contribution is 2.34. The van der Waals surface area contributed by atoms with Gasteiger partial charge in [0.05, 0.1) is 16.9 Å². The first-order chi connectivity index (χ1) is 14.3. The number of para-hydroxylation sites is 1. The third kappa shape index (κ3) is 3.76. The zero-order valence-corrected chi connectivity index (χ0v) is 15.9. The molecule has 0 atom stereocenters. The number of benzene rings is 2. The van der Waals surface area contributed by atoms with Gasteiger partial charge in [0.25, 0.3) is 0 Å². The van der Waals surface area contributed by atoms with Gasteiger partial charge in [0.2, 0.25) is 5.91 Å². The third-order valence-corrected chi connectivity index (χ3v) is 4.69. The molecule has 0 spiro atoms. The van der Waals surface area contributed by atoms with Gasteiger partial charge in [0.15, 0.2) is 5.65 Å². The Kier molecular flexibility index (Phi) is 4.99. The lowest BCUT2D eigenvalue weighted by Gasteiger charge is -2.13. The Labute approximate surface area is 170 Å². The summed E-state index contributed by atoms with van der Waals surface area (Å²) in [5, 5.41) is 7.54. The van der Waals surface area contributed by atoms with Crippen LogP contribution in [0.5, 0.6) is 0 Å². The molecule has 0 aliphatic heterocycles. The van der Waals surface area contributed by atoms with E-state index in [2.05, 4.69) is 15.4 Å². The van der Waals surface area contributed by atoms with E-state index < -0.39 is 17.6 Å². The fourth-order valence-electron chi connectivity index (χ4n) is 3.42. The summed E-state index contributed by atoms with van der Waals surface area (Å²) in [5.74, 6) is -0.622. The van der Waals surface area contributed by atoms with Gasteiger partial charge in [-0.1, -0.05) is 42.5 Å². The molecule has 4 rings (SSSR count). The number of aromatic nitrogens is 3. The van der Waals surface area contributed by atoms with Crippen molar-refractivity contribution in [2.75, 3.05) is 5.32 Å². The van der Waals surface area contributed by atoms with Gasteiger partial charge in [0.1, 0.15) is 6.54 Å². The molecule has 2 aromatic carbocycles. The largest absolute Gasteiger partial charge is 0.418 e.